The van der Waals surface area contributed by atoms with E-state index in [4.69, 9.17) is 0 Å². The molecule has 0 aromatic heterocycles. The molecule has 102 valence electrons. The Morgan fingerprint density at radius 2 is 1.95 bits per heavy atom. The Bertz CT molecular complexity index is 468. The van der Waals surface area contributed by atoms with Crippen LogP contribution in [0, 0.1) is 5.92 Å². The van der Waals surface area contributed by atoms with Crippen molar-refractivity contribution in [3.05, 3.63) is 35.9 Å². The molecule has 1 atom stereocenters. The van der Waals surface area contributed by atoms with Crippen molar-refractivity contribution >= 4 is 11.9 Å². The maximum absolute atomic E-state index is 11.7. The minimum atomic E-state index is -1.04. The van der Waals surface area contributed by atoms with Crippen molar-refractivity contribution in [2.75, 3.05) is 6.54 Å². The van der Waals surface area contributed by atoms with E-state index in [1.807, 2.05) is 25.1 Å². The van der Waals surface area contributed by atoms with Crippen LogP contribution in [-0.2, 0) is 15.0 Å². The normalized spacial score (nSPS) is 17.5. The second kappa shape index (κ2) is 5.43. The van der Waals surface area contributed by atoms with Crippen molar-refractivity contribution < 1.29 is 14.7 Å². The summed E-state index contributed by atoms with van der Waals surface area (Å²) in [4.78, 5) is 23.4. The van der Waals surface area contributed by atoms with Crippen LogP contribution in [0.25, 0.3) is 0 Å². The van der Waals surface area contributed by atoms with Crippen LogP contribution in [-0.4, -0.2) is 23.5 Å². The molecule has 4 heteroatoms. The Morgan fingerprint density at radius 1 is 1.32 bits per heavy atom. The minimum absolute atomic E-state index is 0.0185. The van der Waals surface area contributed by atoms with Gasteiger partial charge in [-0.1, -0.05) is 37.3 Å². The molecule has 0 bridgehead atoms. The summed E-state index contributed by atoms with van der Waals surface area (Å²) in [6.07, 6.45) is 2.28. The lowest BCUT2D eigenvalue weighted by atomic mass is 9.78. The number of nitrogens with one attached hydrogen (secondary N) is 1. The van der Waals surface area contributed by atoms with Crippen LogP contribution < -0.4 is 5.32 Å². The number of carbonyl (C=O) groups excluding carboxylic acids is 1. The monoisotopic (exact) mass is 261 g/mol. The first-order chi connectivity index (χ1) is 9.10. The van der Waals surface area contributed by atoms with Crippen molar-refractivity contribution in [1.29, 1.82) is 0 Å². The number of aliphatic carboxylic acids is 1. The van der Waals surface area contributed by atoms with Crippen molar-refractivity contribution in [2.45, 2.75) is 31.6 Å². The molecule has 1 aromatic carbocycles. The standard InChI is InChI=1S/C15H19NO3/c1-2-15(14(18)19,12-6-4-3-5-7-12)10-16-13(17)11-8-9-11/h3-7,11H,2,8-10H2,1H3,(H,16,17)(H,18,19). The predicted octanol–water partition coefficient (Wildman–Crippen LogP) is 1.95. The quantitative estimate of drug-likeness (QED) is 0.822. The highest BCUT2D eigenvalue weighted by Crippen LogP contribution is 2.31. The van der Waals surface area contributed by atoms with E-state index in [9.17, 15) is 14.7 Å². The zero-order chi connectivity index (χ0) is 13.9. The van der Waals surface area contributed by atoms with E-state index >= 15 is 0 Å². The molecule has 1 fully saturated rings. The third-order valence-electron chi connectivity index (χ3n) is 3.85. The molecule has 2 rings (SSSR count). The number of benzene rings is 1. The zero-order valence-electron chi connectivity index (χ0n) is 11.1. The van der Waals surface area contributed by atoms with Crippen LogP contribution in [0.3, 0.4) is 0 Å². The van der Waals surface area contributed by atoms with Gasteiger partial charge in [-0.25, -0.2) is 0 Å². The number of hydrogen-bond donors (Lipinski definition) is 2. The van der Waals surface area contributed by atoms with Crippen molar-refractivity contribution in [3.63, 3.8) is 0 Å². The average Bonchev–Trinajstić information content (AvgIpc) is 3.25. The summed E-state index contributed by atoms with van der Waals surface area (Å²) in [6, 6.07) is 9.12. The van der Waals surface area contributed by atoms with Crippen molar-refractivity contribution in [3.8, 4) is 0 Å². The lowest BCUT2D eigenvalue weighted by Crippen LogP contribution is -2.46. The second-order valence-corrected chi connectivity index (χ2v) is 5.10. The summed E-state index contributed by atoms with van der Waals surface area (Å²) in [5, 5.41) is 12.4. The first-order valence-electron chi connectivity index (χ1n) is 6.67. The highest BCUT2D eigenvalue weighted by atomic mass is 16.4. The molecular weight excluding hydrogens is 242 g/mol. The van der Waals surface area contributed by atoms with E-state index in [0.29, 0.717) is 6.42 Å². The maximum Gasteiger partial charge on any atom is 0.315 e. The molecule has 1 amide bonds. The van der Waals surface area contributed by atoms with Gasteiger partial charge in [-0.3, -0.25) is 9.59 Å². The van der Waals surface area contributed by atoms with Gasteiger partial charge in [0.05, 0.1) is 0 Å². The van der Waals surface area contributed by atoms with Crippen molar-refractivity contribution in [2.24, 2.45) is 5.92 Å². The molecule has 1 aromatic rings. The first kappa shape index (κ1) is 13.6. The molecule has 1 aliphatic rings. The Hall–Kier alpha value is -1.84. The van der Waals surface area contributed by atoms with E-state index < -0.39 is 11.4 Å². The van der Waals surface area contributed by atoms with Gasteiger partial charge >= 0.3 is 5.97 Å². The summed E-state index contributed by atoms with van der Waals surface area (Å²) >= 11 is 0. The molecule has 0 spiro atoms. The molecule has 1 saturated carbocycles. The Labute approximate surface area is 112 Å². The largest absolute Gasteiger partial charge is 0.481 e. The molecule has 0 heterocycles. The van der Waals surface area contributed by atoms with Gasteiger partial charge in [0.1, 0.15) is 5.41 Å². The van der Waals surface area contributed by atoms with Gasteiger partial charge < -0.3 is 10.4 Å². The van der Waals surface area contributed by atoms with Gasteiger partial charge in [0.15, 0.2) is 0 Å². The topological polar surface area (TPSA) is 66.4 Å². The van der Waals surface area contributed by atoms with Gasteiger partial charge in [0.2, 0.25) is 5.91 Å². The fourth-order valence-electron chi connectivity index (χ4n) is 2.27. The van der Waals surface area contributed by atoms with Crippen LogP contribution in [0.2, 0.25) is 0 Å². The van der Waals surface area contributed by atoms with E-state index in [0.717, 1.165) is 18.4 Å². The lowest BCUT2D eigenvalue weighted by molar-refractivity contribution is -0.144. The summed E-state index contributed by atoms with van der Waals surface area (Å²) < 4.78 is 0. The van der Waals surface area contributed by atoms with Crippen molar-refractivity contribution in [1.82, 2.24) is 5.32 Å². The third-order valence-corrected chi connectivity index (χ3v) is 3.85. The smallest absolute Gasteiger partial charge is 0.315 e. The summed E-state index contributed by atoms with van der Waals surface area (Å²) in [5.74, 6) is -0.813. The van der Waals surface area contributed by atoms with Gasteiger partial charge in [-0.05, 0) is 24.8 Å². The summed E-state index contributed by atoms with van der Waals surface area (Å²) in [5.41, 5.74) is -0.299. The first-order valence-corrected chi connectivity index (χ1v) is 6.67. The predicted molar refractivity (Wildman–Crippen MR) is 71.8 cm³/mol. The van der Waals surface area contributed by atoms with Gasteiger partial charge in [-0.15, -0.1) is 0 Å². The number of amides is 1. The van der Waals surface area contributed by atoms with Crippen LogP contribution in [0.15, 0.2) is 30.3 Å². The number of hydrogen-bond acceptors (Lipinski definition) is 2. The Balaban J connectivity index is 2.19. The number of rotatable bonds is 6. The Kier molecular flexibility index (Phi) is 3.88. The number of carboxylic acid groups (broad SMARTS) is 1. The molecule has 0 saturated heterocycles. The van der Waals surface area contributed by atoms with Gasteiger partial charge in [0.25, 0.3) is 0 Å². The molecule has 1 unspecified atom stereocenters. The zero-order valence-corrected chi connectivity index (χ0v) is 11.1. The number of carboxylic acids is 1. The van der Waals surface area contributed by atoms with E-state index in [1.54, 1.807) is 12.1 Å². The van der Waals surface area contributed by atoms with Crippen LogP contribution in [0.1, 0.15) is 31.7 Å². The number of carbonyl (C=O) groups is 2. The molecule has 0 aliphatic heterocycles. The van der Waals surface area contributed by atoms with E-state index in [1.165, 1.54) is 0 Å². The van der Waals surface area contributed by atoms with E-state index in [2.05, 4.69) is 5.32 Å². The molecule has 1 aliphatic carbocycles. The molecule has 0 radical (unpaired) electrons. The molecule has 2 N–H and O–H groups in total. The molecule has 19 heavy (non-hydrogen) atoms. The summed E-state index contributed by atoms with van der Waals surface area (Å²) in [7, 11) is 0. The summed E-state index contributed by atoms with van der Waals surface area (Å²) in [6.45, 7) is 1.99. The van der Waals surface area contributed by atoms with Gasteiger partial charge in [0, 0.05) is 12.5 Å². The molecular formula is C15H19NO3. The third kappa shape index (κ3) is 2.78. The maximum atomic E-state index is 11.7. The van der Waals surface area contributed by atoms with Gasteiger partial charge in [-0.2, -0.15) is 0 Å². The highest BCUT2D eigenvalue weighted by molar-refractivity contribution is 5.85. The Morgan fingerprint density at radius 3 is 2.42 bits per heavy atom. The minimum Gasteiger partial charge on any atom is -0.481 e. The lowest BCUT2D eigenvalue weighted by Gasteiger charge is -2.29. The fourth-order valence-corrected chi connectivity index (χ4v) is 2.27. The fraction of sp³-hybridized carbons (Fsp3) is 0.467. The molecule has 4 nitrogen and oxygen atoms in total. The highest BCUT2D eigenvalue weighted by Gasteiger charge is 2.40. The SMILES string of the molecule is CCC(CNC(=O)C1CC1)(C(=O)O)c1ccccc1. The average molecular weight is 261 g/mol. The van der Waals surface area contributed by atoms with Crippen LogP contribution in [0.5, 0.6) is 0 Å². The van der Waals surface area contributed by atoms with Crippen LogP contribution >= 0.6 is 0 Å². The van der Waals surface area contributed by atoms with E-state index in [-0.39, 0.29) is 18.4 Å². The second-order valence-electron chi connectivity index (χ2n) is 5.10. The van der Waals surface area contributed by atoms with Crippen LogP contribution in [0.4, 0.5) is 0 Å².